The van der Waals surface area contributed by atoms with Crippen molar-refractivity contribution in [3.63, 3.8) is 0 Å². The van der Waals surface area contributed by atoms with Crippen molar-refractivity contribution in [1.29, 1.82) is 0 Å². The molecule has 1 amide bonds. The van der Waals surface area contributed by atoms with Crippen LogP contribution in [-0.2, 0) is 10.0 Å². The van der Waals surface area contributed by atoms with Gasteiger partial charge in [-0.05, 0) is 37.3 Å². The van der Waals surface area contributed by atoms with Gasteiger partial charge < -0.3 is 5.32 Å². The van der Waals surface area contributed by atoms with Crippen molar-refractivity contribution in [2.45, 2.75) is 11.8 Å². The summed E-state index contributed by atoms with van der Waals surface area (Å²) < 4.78 is 27.1. The molecule has 2 aromatic carbocycles. The molecule has 0 fully saturated rings. The van der Waals surface area contributed by atoms with E-state index in [0.717, 1.165) is 16.9 Å². The summed E-state index contributed by atoms with van der Waals surface area (Å²) in [5, 5.41) is 4.74. The van der Waals surface area contributed by atoms with Crippen LogP contribution in [0.4, 0.5) is 10.8 Å². The average Bonchev–Trinajstić information content (AvgIpc) is 3.03. The van der Waals surface area contributed by atoms with Crippen LogP contribution >= 0.6 is 22.9 Å². The molecule has 0 aliphatic carbocycles. The topological polar surface area (TPSA) is 88.2 Å². The average molecular weight is 408 g/mol. The zero-order valence-corrected chi connectivity index (χ0v) is 16.0. The molecule has 0 aliphatic heterocycles. The van der Waals surface area contributed by atoms with Crippen molar-refractivity contribution >= 4 is 49.7 Å². The molecule has 0 bridgehead atoms. The molecule has 0 radical (unpaired) electrons. The molecule has 9 heteroatoms. The number of carbonyl (C=O) groups excluding carboxylic acids is 1. The van der Waals surface area contributed by atoms with Crippen LogP contribution in [0.25, 0.3) is 0 Å². The van der Waals surface area contributed by atoms with Crippen LogP contribution in [0.15, 0.2) is 58.8 Å². The Bertz CT molecular complexity index is 1050. The summed E-state index contributed by atoms with van der Waals surface area (Å²) in [4.78, 5) is 16.4. The third-order valence-electron chi connectivity index (χ3n) is 3.37. The van der Waals surface area contributed by atoms with E-state index < -0.39 is 15.9 Å². The zero-order valence-electron chi connectivity index (χ0n) is 13.6. The molecule has 3 aromatic rings. The van der Waals surface area contributed by atoms with E-state index in [0.29, 0.717) is 10.7 Å². The fourth-order valence-corrected chi connectivity index (χ4v) is 4.21. The van der Waals surface area contributed by atoms with Gasteiger partial charge in [0.15, 0.2) is 5.13 Å². The van der Waals surface area contributed by atoms with Crippen molar-refractivity contribution in [2.75, 3.05) is 10.0 Å². The number of anilines is 2. The third kappa shape index (κ3) is 4.40. The quantitative estimate of drug-likeness (QED) is 0.664. The first-order valence-electron chi connectivity index (χ1n) is 7.45. The summed E-state index contributed by atoms with van der Waals surface area (Å²) in [6.45, 7) is 1.87. The number of rotatable bonds is 5. The molecule has 1 aromatic heterocycles. The van der Waals surface area contributed by atoms with Gasteiger partial charge in [-0.2, -0.15) is 0 Å². The molecule has 26 heavy (non-hydrogen) atoms. The first-order chi connectivity index (χ1) is 12.3. The van der Waals surface area contributed by atoms with Gasteiger partial charge in [-0.3, -0.25) is 9.52 Å². The van der Waals surface area contributed by atoms with Crippen LogP contribution in [0, 0.1) is 6.92 Å². The number of amides is 1. The van der Waals surface area contributed by atoms with E-state index in [-0.39, 0.29) is 15.7 Å². The number of carbonyl (C=O) groups is 1. The lowest BCUT2D eigenvalue weighted by atomic mass is 10.2. The number of aryl methyl sites for hydroxylation is 1. The van der Waals surface area contributed by atoms with Gasteiger partial charge in [0.1, 0.15) is 5.69 Å². The van der Waals surface area contributed by atoms with Crippen LogP contribution in [0.3, 0.4) is 0 Å². The van der Waals surface area contributed by atoms with Crippen molar-refractivity contribution < 1.29 is 13.2 Å². The predicted molar refractivity (Wildman–Crippen MR) is 104 cm³/mol. The smallest absolute Gasteiger partial charge is 0.275 e. The Morgan fingerprint density at radius 1 is 1.15 bits per heavy atom. The predicted octanol–water partition coefficient (Wildman–Crippen LogP) is 4.16. The van der Waals surface area contributed by atoms with Gasteiger partial charge in [0, 0.05) is 16.1 Å². The molecular formula is C17H14ClN3O3S2. The molecule has 134 valence electrons. The molecule has 0 saturated carbocycles. The fourth-order valence-electron chi connectivity index (χ4n) is 2.08. The standard InChI is InChI=1S/C17H14ClN3O3S2/c1-11-5-7-14(8-6-11)26(23,24)21-17-20-15(10-25-17)16(22)19-13-4-2-3-12(18)9-13/h2-10H,1H3,(H,19,22)(H,20,21). The molecule has 6 nitrogen and oxygen atoms in total. The third-order valence-corrected chi connectivity index (χ3v) is 5.85. The summed E-state index contributed by atoms with van der Waals surface area (Å²) in [5.41, 5.74) is 1.59. The zero-order chi connectivity index (χ0) is 18.7. The molecule has 3 rings (SSSR count). The minimum atomic E-state index is -3.76. The van der Waals surface area contributed by atoms with Crippen LogP contribution in [0.2, 0.25) is 5.02 Å². The highest BCUT2D eigenvalue weighted by molar-refractivity contribution is 7.93. The Labute approximate surface area is 159 Å². The molecule has 0 saturated heterocycles. The highest BCUT2D eigenvalue weighted by atomic mass is 35.5. The van der Waals surface area contributed by atoms with E-state index in [2.05, 4.69) is 15.0 Å². The molecule has 2 N–H and O–H groups in total. The monoisotopic (exact) mass is 407 g/mol. The highest BCUT2D eigenvalue weighted by Crippen LogP contribution is 2.22. The Morgan fingerprint density at radius 3 is 2.58 bits per heavy atom. The van der Waals surface area contributed by atoms with Crippen molar-refractivity contribution in [3.05, 3.63) is 70.2 Å². The van der Waals surface area contributed by atoms with Crippen LogP contribution in [-0.4, -0.2) is 19.3 Å². The molecule has 1 heterocycles. The SMILES string of the molecule is Cc1ccc(S(=O)(=O)Nc2nc(C(=O)Nc3cccc(Cl)c3)cs2)cc1. The van der Waals surface area contributed by atoms with E-state index in [1.54, 1.807) is 36.4 Å². The Hall–Kier alpha value is -2.42. The van der Waals surface area contributed by atoms with E-state index in [4.69, 9.17) is 11.6 Å². The maximum atomic E-state index is 12.4. The van der Waals surface area contributed by atoms with Crippen molar-refractivity contribution in [3.8, 4) is 0 Å². The second kappa shape index (κ2) is 7.45. The van der Waals surface area contributed by atoms with E-state index in [1.165, 1.54) is 17.5 Å². The summed E-state index contributed by atoms with van der Waals surface area (Å²) >= 11 is 6.91. The number of nitrogens with one attached hydrogen (secondary N) is 2. The van der Waals surface area contributed by atoms with Gasteiger partial charge in [-0.25, -0.2) is 13.4 Å². The van der Waals surface area contributed by atoms with Gasteiger partial charge >= 0.3 is 0 Å². The number of hydrogen-bond acceptors (Lipinski definition) is 5. The Morgan fingerprint density at radius 2 is 1.88 bits per heavy atom. The number of sulfonamides is 1. The lowest BCUT2D eigenvalue weighted by Gasteiger charge is -2.05. The fraction of sp³-hybridized carbons (Fsp3) is 0.0588. The number of thiazole rings is 1. The van der Waals surface area contributed by atoms with Crippen LogP contribution < -0.4 is 10.0 Å². The molecule has 0 unspecified atom stereocenters. The number of aromatic nitrogens is 1. The number of benzene rings is 2. The van der Waals surface area contributed by atoms with E-state index in [1.807, 2.05) is 6.92 Å². The van der Waals surface area contributed by atoms with E-state index >= 15 is 0 Å². The highest BCUT2D eigenvalue weighted by Gasteiger charge is 2.18. The summed E-state index contributed by atoms with van der Waals surface area (Å²) in [5.74, 6) is -0.454. The van der Waals surface area contributed by atoms with Crippen LogP contribution in [0.1, 0.15) is 16.1 Å². The number of hydrogen-bond donors (Lipinski definition) is 2. The van der Waals surface area contributed by atoms with Gasteiger partial charge in [0.25, 0.3) is 15.9 Å². The lowest BCUT2D eigenvalue weighted by Crippen LogP contribution is -2.14. The van der Waals surface area contributed by atoms with E-state index in [9.17, 15) is 13.2 Å². The summed E-state index contributed by atoms with van der Waals surface area (Å²) in [6.07, 6.45) is 0. The first kappa shape index (κ1) is 18.4. The van der Waals surface area contributed by atoms with Crippen molar-refractivity contribution in [1.82, 2.24) is 4.98 Å². The largest absolute Gasteiger partial charge is 0.321 e. The van der Waals surface area contributed by atoms with Gasteiger partial charge in [-0.1, -0.05) is 35.4 Å². The van der Waals surface area contributed by atoms with Gasteiger partial charge in [0.2, 0.25) is 0 Å². The second-order valence-corrected chi connectivity index (χ2v) is 8.40. The first-order valence-corrected chi connectivity index (χ1v) is 10.2. The molecular weight excluding hydrogens is 394 g/mol. The normalized spacial score (nSPS) is 11.2. The molecule has 0 aliphatic rings. The number of nitrogens with zero attached hydrogens (tertiary/aromatic N) is 1. The van der Waals surface area contributed by atoms with Gasteiger partial charge in [0.05, 0.1) is 4.90 Å². The Balaban J connectivity index is 1.73. The van der Waals surface area contributed by atoms with Crippen LogP contribution in [0.5, 0.6) is 0 Å². The Kier molecular flexibility index (Phi) is 5.26. The summed E-state index contributed by atoms with van der Waals surface area (Å²) in [7, 11) is -3.76. The van der Waals surface area contributed by atoms with Gasteiger partial charge in [-0.15, -0.1) is 11.3 Å². The maximum absolute atomic E-state index is 12.4. The second-order valence-electron chi connectivity index (χ2n) is 5.42. The molecule has 0 atom stereocenters. The number of halogens is 1. The molecule has 0 spiro atoms. The summed E-state index contributed by atoms with van der Waals surface area (Å²) in [6, 6.07) is 13.1. The lowest BCUT2D eigenvalue weighted by molar-refractivity contribution is 0.102. The maximum Gasteiger partial charge on any atom is 0.275 e. The minimum Gasteiger partial charge on any atom is -0.321 e. The minimum absolute atomic E-state index is 0.108. The van der Waals surface area contributed by atoms with Crippen molar-refractivity contribution in [2.24, 2.45) is 0 Å².